The number of nitrogens with one attached hydrogen (secondary N) is 1. The third-order valence-electron chi connectivity index (χ3n) is 5.17. The molecule has 1 saturated carbocycles. The maximum atomic E-state index is 13.3. The van der Waals surface area contributed by atoms with E-state index in [9.17, 15) is 18.3 Å². The van der Waals surface area contributed by atoms with Crippen molar-refractivity contribution < 1.29 is 18.3 Å². The van der Waals surface area contributed by atoms with E-state index in [1.165, 1.54) is 10.6 Å². The molecule has 0 spiro atoms. The van der Waals surface area contributed by atoms with Crippen molar-refractivity contribution in [2.45, 2.75) is 37.0 Å². The fourth-order valence-electron chi connectivity index (χ4n) is 3.81. The Morgan fingerprint density at radius 1 is 1.29 bits per heavy atom. The van der Waals surface area contributed by atoms with Crippen LogP contribution in [-0.4, -0.2) is 37.3 Å². The number of rotatable bonds is 4. The summed E-state index contributed by atoms with van der Waals surface area (Å²) in [6, 6.07) is 6.15. The van der Waals surface area contributed by atoms with Crippen LogP contribution in [0.2, 0.25) is 0 Å². The van der Waals surface area contributed by atoms with Crippen LogP contribution in [0.25, 0.3) is 5.65 Å². The number of anilines is 1. The fourth-order valence-corrected chi connectivity index (χ4v) is 4.17. The second-order valence-electron chi connectivity index (χ2n) is 7.03. The van der Waals surface area contributed by atoms with Gasteiger partial charge >= 0.3 is 6.18 Å². The molecule has 3 aromatic heterocycles. The monoisotopic (exact) mass is 455 g/mol. The van der Waals surface area contributed by atoms with Crippen LogP contribution < -0.4 is 5.32 Å². The van der Waals surface area contributed by atoms with E-state index >= 15 is 0 Å². The molecule has 0 bridgehead atoms. The molecule has 0 radical (unpaired) electrons. The topological polar surface area (TPSA) is 75.3 Å². The first-order valence-electron chi connectivity index (χ1n) is 8.73. The highest BCUT2D eigenvalue weighted by atomic mass is 79.9. The quantitative estimate of drug-likeness (QED) is 0.625. The minimum absolute atomic E-state index is 0.0913. The zero-order valence-corrected chi connectivity index (χ0v) is 16.2. The van der Waals surface area contributed by atoms with Crippen LogP contribution in [-0.2, 0) is 11.6 Å². The number of aliphatic hydroxyl groups excluding tert-OH is 1. The number of nitrogens with zero attached hydrogens (tertiary/aromatic N) is 4. The van der Waals surface area contributed by atoms with Gasteiger partial charge in [-0.2, -0.15) is 22.8 Å². The summed E-state index contributed by atoms with van der Waals surface area (Å²) < 4.78 is 41.5. The van der Waals surface area contributed by atoms with E-state index in [-0.39, 0.29) is 11.5 Å². The molecular weight excluding hydrogens is 439 g/mol. The molecule has 1 aliphatic carbocycles. The van der Waals surface area contributed by atoms with Crippen molar-refractivity contribution in [3.63, 3.8) is 0 Å². The van der Waals surface area contributed by atoms with Gasteiger partial charge in [0.05, 0.1) is 6.10 Å². The van der Waals surface area contributed by atoms with Crippen LogP contribution in [0.4, 0.5) is 19.0 Å². The van der Waals surface area contributed by atoms with Gasteiger partial charge < -0.3 is 10.4 Å². The summed E-state index contributed by atoms with van der Waals surface area (Å²) in [4.78, 5) is 7.68. The van der Waals surface area contributed by atoms with Crippen LogP contribution in [0.1, 0.15) is 30.5 Å². The lowest BCUT2D eigenvalue weighted by molar-refractivity contribution is -0.141. The summed E-state index contributed by atoms with van der Waals surface area (Å²) in [7, 11) is 0. The van der Waals surface area contributed by atoms with Crippen molar-refractivity contribution in [3.05, 3.63) is 52.5 Å². The van der Waals surface area contributed by atoms with E-state index in [2.05, 4.69) is 36.3 Å². The van der Waals surface area contributed by atoms with Crippen molar-refractivity contribution in [1.29, 1.82) is 0 Å². The third-order valence-corrected chi connectivity index (χ3v) is 5.56. The zero-order valence-electron chi connectivity index (χ0n) is 14.6. The fraction of sp³-hybridized carbons (Fsp3) is 0.389. The van der Waals surface area contributed by atoms with Gasteiger partial charge in [0.1, 0.15) is 10.4 Å². The largest absolute Gasteiger partial charge is 0.433 e. The summed E-state index contributed by atoms with van der Waals surface area (Å²) in [6.07, 6.45) is 0.217. The molecule has 10 heteroatoms. The summed E-state index contributed by atoms with van der Waals surface area (Å²) in [5.41, 5.74) is -0.303. The summed E-state index contributed by atoms with van der Waals surface area (Å²) in [5, 5.41) is 17.4. The molecule has 2 atom stereocenters. The van der Waals surface area contributed by atoms with E-state index < -0.39 is 23.4 Å². The smallest absolute Gasteiger partial charge is 0.393 e. The normalized spacial score (nSPS) is 22.7. The van der Waals surface area contributed by atoms with Crippen LogP contribution >= 0.6 is 15.9 Å². The lowest BCUT2D eigenvalue weighted by Crippen LogP contribution is -2.33. The van der Waals surface area contributed by atoms with E-state index in [1.54, 1.807) is 12.4 Å². The van der Waals surface area contributed by atoms with Gasteiger partial charge in [0.2, 0.25) is 0 Å². The summed E-state index contributed by atoms with van der Waals surface area (Å²) in [5.74, 6) is 0.192. The minimum Gasteiger partial charge on any atom is -0.393 e. The van der Waals surface area contributed by atoms with Crippen molar-refractivity contribution in [2.24, 2.45) is 0 Å². The van der Waals surface area contributed by atoms with Gasteiger partial charge in [0, 0.05) is 36.5 Å². The molecular formula is C18H17BrF3N5O. The number of hydrogen-bond donors (Lipinski definition) is 2. The van der Waals surface area contributed by atoms with Crippen LogP contribution in [0.3, 0.4) is 0 Å². The van der Waals surface area contributed by atoms with Crippen LogP contribution in [0, 0.1) is 0 Å². The molecule has 6 nitrogen and oxygen atoms in total. The Morgan fingerprint density at radius 2 is 2.04 bits per heavy atom. The first kappa shape index (κ1) is 19.1. The van der Waals surface area contributed by atoms with Gasteiger partial charge in [-0.05, 0) is 52.9 Å². The SMILES string of the molecule is O[C@@H]1CC[C@@](CNc2cc(C(F)(F)F)nc3cc(Br)nn23)(c2ccncc2)C1. The molecule has 0 saturated heterocycles. The Balaban J connectivity index is 1.71. The Morgan fingerprint density at radius 3 is 2.68 bits per heavy atom. The lowest BCUT2D eigenvalue weighted by atomic mass is 9.79. The highest BCUT2D eigenvalue weighted by molar-refractivity contribution is 9.10. The molecule has 0 unspecified atom stereocenters. The highest BCUT2D eigenvalue weighted by Gasteiger charge is 2.40. The van der Waals surface area contributed by atoms with Crippen LogP contribution in [0.5, 0.6) is 0 Å². The van der Waals surface area contributed by atoms with Crippen LogP contribution in [0.15, 0.2) is 41.3 Å². The van der Waals surface area contributed by atoms with Crippen molar-refractivity contribution in [2.75, 3.05) is 11.9 Å². The number of halogens is 4. The Kier molecular flexibility index (Phi) is 4.78. The zero-order chi connectivity index (χ0) is 19.9. The third kappa shape index (κ3) is 3.58. The van der Waals surface area contributed by atoms with Crippen molar-refractivity contribution in [1.82, 2.24) is 19.6 Å². The molecule has 1 fully saturated rings. The van der Waals surface area contributed by atoms with E-state index in [0.29, 0.717) is 30.4 Å². The molecule has 0 aliphatic heterocycles. The summed E-state index contributed by atoms with van der Waals surface area (Å²) in [6.45, 7) is 0.349. The molecule has 3 aromatic rings. The van der Waals surface area contributed by atoms with E-state index in [0.717, 1.165) is 11.6 Å². The number of hydrogen-bond acceptors (Lipinski definition) is 5. The Bertz CT molecular complexity index is 994. The number of fused-ring (bicyclic) bond motifs is 1. The predicted octanol–water partition coefficient (Wildman–Crippen LogP) is 3.80. The molecule has 0 amide bonds. The van der Waals surface area contributed by atoms with E-state index in [1.807, 2.05) is 12.1 Å². The maximum Gasteiger partial charge on any atom is 0.433 e. The maximum absolute atomic E-state index is 13.3. The molecule has 28 heavy (non-hydrogen) atoms. The number of pyridine rings is 1. The minimum atomic E-state index is -4.57. The molecule has 2 N–H and O–H groups in total. The second kappa shape index (κ2) is 7.00. The van der Waals surface area contributed by atoms with Gasteiger partial charge in [-0.3, -0.25) is 4.98 Å². The van der Waals surface area contributed by atoms with Crippen molar-refractivity contribution in [3.8, 4) is 0 Å². The van der Waals surface area contributed by atoms with Gasteiger partial charge in [-0.1, -0.05) is 0 Å². The molecule has 3 heterocycles. The lowest BCUT2D eigenvalue weighted by Gasteiger charge is -2.30. The number of aromatic nitrogens is 4. The van der Waals surface area contributed by atoms with Gasteiger partial charge in [0.25, 0.3) is 0 Å². The average Bonchev–Trinajstić information content (AvgIpc) is 3.22. The first-order valence-corrected chi connectivity index (χ1v) is 9.52. The molecule has 0 aromatic carbocycles. The van der Waals surface area contributed by atoms with Gasteiger partial charge in [-0.15, -0.1) is 0 Å². The number of alkyl halides is 3. The van der Waals surface area contributed by atoms with Gasteiger partial charge in [-0.25, -0.2) is 4.98 Å². The summed E-state index contributed by atoms with van der Waals surface area (Å²) >= 11 is 3.19. The van der Waals surface area contributed by atoms with Gasteiger partial charge in [0.15, 0.2) is 11.3 Å². The Hall–Kier alpha value is -2.20. The standard InChI is InChI=1S/C18H17BrF3N5O/c19-14-8-16-25-13(18(20,21)22)7-15(27(16)26-14)24-10-17(4-1-12(28)9-17)11-2-5-23-6-3-11/h2-3,5-8,12,24,28H,1,4,9-10H2/t12-,17-/m1/s1. The highest BCUT2D eigenvalue weighted by Crippen LogP contribution is 2.41. The number of aliphatic hydroxyl groups is 1. The Labute approximate surface area is 166 Å². The average molecular weight is 456 g/mol. The molecule has 1 aliphatic rings. The molecule has 4 rings (SSSR count). The predicted molar refractivity (Wildman–Crippen MR) is 100.0 cm³/mol. The molecule has 148 valence electrons. The first-order chi connectivity index (χ1) is 13.3. The second-order valence-corrected chi connectivity index (χ2v) is 7.84. The van der Waals surface area contributed by atoms with Crippen molar-refractivity contribution >= 4 is 27.4 Å². The van der Waals surface area contributed by atoms with E-state index in [4.69, 9.17) is 0 Å².